The fourth-order valence-corrected chi connectivity index (χ4v) is 2.55. The summed E-state index contributed by atoms with van der Waals surface area (Å²) in [6.07, 6.45) is 1.16. The Hall–Kier alpha value is -1.02. The number of hydrogen-bond donors (Lipinski definition) is 1. The number of benzene rings is 1. The van der Waals surface area contributed by atoms with Crippen molar-refractivity contribution in [1.82, 2.24) is 5.32 Å². The summed E-state index contributed by atoms with van der Waals surface area (Å²) in [6.45, 7) is 9.96. The molecular weight excluding hydrogens is 196 g/mol. The summed E-state index contributed by atoms with van der Waals surface area (Å²) >= 11 is 0. The minimum atomic E-state index is 0.509. The van der Waals surface area contributed by atoms with Crippen molar-refractivity contribution in [2.45, 2.75) is 33.2 Å². The number of nitrogens with zero attached hydrogens (tertiary/aromatic N) is 1. The highest BCUT2D eigenvalue weighted by atomic mass is 15.1. The third-order valence-corrected chi connectivity index (χ3v) is 3.57. The van der Waals surface area contributed by atoms with Crippen LogP contribution in [0.15, 0.2) is 18.2 Å². The van der Waals surface area contributed by atoms with Gasteiger partial charge < -0.3 is 10.2 Å². The molecule has 1 N–H and O–H groups in total. The average Bonchev–Trinajstić information content (AvgIpc) is 2.31. The zero-order chi connectivity index (χ0) is 11.5. The smallest absolute Gasteiger partial charge is 0.0368 e. The molecule has 0 spiro atoms. The van der Waals surface area contributed by atoms with Crippen molar-refractivity contribution in [2.24, 2.45) is 0 Å². The van der Waals surface area contributed by atoms with Crippen LogP contribution in [0.2, 0.25) is 0 Å². The van der Waals surface area contributed by atoms with Crippen LogP contribution in [-0.2, 0) is 6.42 Å². The van der Waals surface area contributed by atoms with Crippen LogP contribution in [0.5, 0.6) is 0 Å². The predicted molar refractivity (Wildman–Crippen MR) is 70.1 cm³/mol. The van der Waals surface area contributed by atoms with E-state index in [-0.39, 0.29) is 0 Å². The maximum atomic E-state index is 3.50. The van der Waals surface area contributed by atoms with E-state index < -0.39 is 0 Å². The molecule has 16 heavy (non-hydrogen) atoms. The molecule has 0 radical (unpaired) electrons. The lowest BCUT2D eigenvalue weighted by Crippen LogP contribution is -2.28. The number of fused-ring (bicyclic) bond motifs is 1. The van der Waals surface area contributed by atoms with Gasteiger partial charge in [0.15, 0.2) is 0 Å². The first-order valence-electron chi connectivity index (χ1n) is 6.37. The van der Waals surface area contributed by atoms with E-state index in [0.717, 1.165) is 26.1 Å². The van der Waals surface area contributed by atoms with Gasteiger partial charge >= 0.3 is 0 Å². The van der Waals surface area contributed by atoms with Gasteiger partial charge in [-0.1, -0.05) is 6.07 Å². The second kappa shape index (κ2) is 4.88. The Morgan fingerprint density at radius 3 is 2.75 bits per heavy atom. The van der Waals surface area contributed by atoms with Crippen molar-refractivity contribution in [1.29, 1.82) is 0 Å². The third-order valence-electron chi connectivity index (χ3n) is 3.57. The van der Waals surface area contributed by atoms with Gasteiger partial charge in [-0.3, -0.25) is 0 Å². The number of anilines is 1. The van der Waals surface area contributed by atoms with Gasteiger partial charge in [-0.05, 0) is 57.0 Å². The molecule has 0 fully saturated rings. The summed E-state index contributed by atoms with van der Waals surface area (Å²) < 4.78 is 0. The molecule has 0 aromatic heterocycles. The largest absolute Gasteiger partial charge is 0.372 e. The van der Waals surface area contributed by atoms with Gasteiger partial charge in [0.25, 0.3) is 0 Å². The Bertz CT molecular complexity index is 356. The predicted octanol–water partition coefficient (Wildman–Crippen LogP) is 2.74. The Morgan fingerprint density at radius 1 is 1.31 bits per heavy atom. The van der Waals surface area contributed by atoms with Gasteiger partial charge in [-0.15, -0.1) is 0 Å². The van der Waals surface area contributed by atoms with Gasteiger partial charge in [-0.2, -0.15) is 0 Å². The van der Waals surface area contributed by atoms with Gasteiger partial charge in [0, 0.05) is 24.8 Å². The van der Waals surface area contributed by atoms with E-state index in [4.69, 9.17) is 0 Å². The van der Waals surface area contributed by atoms with Crippen molar-refractivity contribution >= 4 is 5.69 Å². The standard InChI is InChI=1S/C14H22N2/c1-4-16(5-2)13-6-7-14-11(3)15-9-8-12(14)10-13/h6-7,10-11,15H,4-5,8-9H2,1-3H3. The molecule has 0 amide bonds. The molecule has 0 saturated heterocycles. The molecule has 1 aliphatic heterocycles. The first-order valence-corrected chi connectivity index (χ1v) is 6.37. The minimum absolute atomic E-state index is 0.509. The number of hydrogen-bond acceptors (Lipinski definition) is 2. The molecule has 1 unspecified atom stereocenters. The Morgan fingerprint density at radius 2 is 2.06 bits per heavy atom. The van der Waals surface area contributed by atoms with Gasteiger partial charge in [0.1, 0.15) is 0 Å². The quantitative estimate of drug-likeness (QED) is 0.839. The van der Waals surface area contributed by atoms with Crippen molar-refractivity contribution in [3.8, 4) is 0 Å². The molecule has 2 rings (SSSR count). The highest BCUT2D eigenvalue weighted by Gasteiger charge is 2.16. The van der Waals surface area contributed by atoms with Crippen LogP contribution in [0, 0.1) is 0 Å². The van der Waals surface area contributed by atoms with Gasteiger partial charge in [0.05, 0.1) is 0 Å². The fraction of sp³-hybridized carbons (Fsp3) is 0.571. The van der Waals surface area contributed by atoms with Crippen LogP contribution in [-0.4, -0.2) is 19.6 Å². The number of nitrogens with one attached hydrogen (secondary N) is 1. The van der Waals surface area contributed by atoms with Crippen LogP contribution < -0.4 is 10.2 Å². The van der Waals surface area contributed by atoms with Gasteiger partial charge in [0.2, 0.25) is 0 Å². The van der Waals surface area contributed by atoms with Crippen LogP contribution in [0.25, 0.3) is 0 Å². The Labute approximate surface area is 98.7 Å². The lowest BCUT2D eigenvalue weighted by atomic mass is 9.94. The molecule has 2 nitrogen and oxygen atoms in total. The van der Waals surface area contributed by atoms with Crippen molar-refractivity contribution in [2.75, 3.05) is 24.5 Å². The SMILES string of the molecule is CCN(CC)c1ccc2c(c1)CCNC2C. The van der Waals surface area contributed by atoms with E-state index in [2.05, 4.69) is 49.2 Å². The Balaban J connectivity index is 2.31. The summed E-state index contributed by atoms with van der Waals surface area (Å²) in [5.41, 5.74) is 4.37. The topological polar surface area (TPSA) is 15.3 Å². The van der Waals surface area contributed by atoms with E-state index in [0.29, 0.717) is 6.04 Å². The lowest BCUT2D eigenvalue weighted by molar-refractivity contribution is 0.541. The second-order valence-corrected chi connectivity index (χ2v) is 4.48. The summed E-state index contributed by atoms with van der Waals surface area (Å²) in [6, 6.07) is 7.43. The monoisotopic (exact) mass is 218 g/mol. The maximum Gasteiger partial charge on any atom is 0.0368 e. The summed E-state index contributed by atoms with van der Waals surface area (Å²) in [5, 5.41) is 3.50. The third kappa shape index (κ3) is 2.07. The van der Waals surface area contributed by atoms with E-state index >= 15 is 0 Å². The lowest BCUT2D eigenvalue weighted by Gasteiger charge is -2.27. The minimum Gasteiger partial charge on any atom is -0.372 e. The molecule has 0 aliphatic carbocycles. The second-order valence-electron chi connectivity index (χ2n) is 4.48. The van der Waals surface area contributed by atoms with Crippen LogP contribution >= 0.6 is 0 Å². The van der Waals surface area contributed by atoms with Crippen LogP contribution in [0.1, 0.15) is 37.9 Å². The summed E-state index contributed by atoms with van der Waals surface area (Å²) in [7, 11) is 0. The summed E-state index contributed by atoms with van der Waals surface area (Å²) in [5.74, 6) is 0. The molecule has 0 saturated carbocycles. The zero-order valence-corrected chi connectivity index (χ0v) is 10.6. The molecular formula is C14H22N2. The fourth-order valence-electron chi connectivity index (χ4n) is 2.55. The van der Waals surface area contributed by atoms with E-state index in [1.165, 1.54) is 16.8 Å². The summed E-state index contributed by atoms with van der Waals surface area (Å²) in [4.78, 5) is 2.41. The van der Waals surface area contributed by atoms with E-state index in [1.54, 1.807) is 0 Å². The first kappa shape index (κ1) is 11.5. The normalized spacial score (nSPS) is 19.3. The molecule has 88 valence electrons. The highest BCUT2D eigenvalue weighted by molar-refractivity contribution is 5.52. The maximum absolute atomic E-state index is 3.50. The molecule has 1 heterocycles. The van der Waals surface area contributed by atoms with Crippen molar-refractivity contribution in [3.63, 3.8) is 0 Å². The molecule has 1 aromatic rings. The van der Waals surface area contributed by atoms with Crippen LogP contribution in [0.4, 0.5) is 5.69 Å². The van der Waals surface area contributed by atoms with Crippen molar-refractivity contribution in [3.05, 3.63) is 29.3 Å². The molecule has 1 aliphatic rings. The van der Waals surface area contributed by atoms with E-state index in [1.807, 2.05) is 0 Å². The number of rotatable bonds is 3. The highest BCUT2D eigenvalue weighted by Crippen LogP contribution is 2.26. The Kier molecular flexibility index (Phi) is 3.49. The molecule has 2 heteroatoms. The first-order chi connectivity index (χ1) is 7.76. The van der Waals surface area contributed by atoms with Crippen molar-refractivity contribution < 1.29 is 0 Å². The van der Waals surface area contributed by atoms with E-state index in [9.17, 15) is 0 Å². The van der Waals surface area contributed by atoms with Gasteiger partial charge in [-0.25, -0.2) is 0 Å². The molecule has 1 aromatic carbocycles. The van der Waals surface area contributed by atoms with Crippen LogP contribution in [0.3, 0.4) is 0 Å². The average molecular weight is 218 g/mol. The molecule has 0 bridgehead atoms. The molecule has 1 atom stereocenters. The zero-order valence-electron chi connectivity index (χ0n) is 10.6.